The van der Waals surface area contributed by atoms with E-state index in [2.05, 4.69) is 16.4 Å². The van der Waals surface area contributed by atoms with E-state index in [-0.39, 0.29) is 0 Å². The van der Waals surface area contributed by atoms with Gasteiger partial charge < -0.3 is 15.0 Å². The van der Waals surface area contributed by atoms with Crippen LogP contribution in [0.3, 0.4) is 0 Å². The highest BCUT2D eigenvalue weighted by Gasteiger charge is 2.13. The number of anilines is 1. The van der Waals surface area contributed by atoms with Gasteiger partial charge in [-0.15, -0.1) is 0 Å². The molecule has 1 aromatic heterocycles. The van der Waals surface area contributed by atoms with Crippen LogP contribution in [0.15, 0.2) is 42.7 Å². The molecule has 0 atom stereocenters. The van der Waals surface area contributed by atoms with Crippen LogP contribution in [0.4, 0.5) is 5.69 Å². The van der Waals surface area contributed by atoms with Gasteiger partial charge in [0.05, 0.1) is 25.3 Å². The minimum atomic E-state index is 0.396. The van der Waals surface area contributed by atoms with Crippen LogP contribution < -0.4 is 10.1 Å². The molecule has 24 heavy (non-hydrogen) atoms. The number of aryl methyl sites for hydroxylation is 1. The van der Waals surface area contributed by atoms with Gasteiger partial charge >= 0.3 is 0 Å². The van der Waals surface area contributed by atoms with Crippen LogP contribution in [0.2, 0.25) is 0 Å². The normalized spacial score (nSPS) is 9.88. The summed E-state index contributed by atoms with van der Waals surface area (Å²) in [6.45, 7) is 3.15. The van der Waals surface area contributed by atoms with Crippen molar-refractivity contribution in [2.24, 2.45) is 0 Å². The maximum absolute atomic E-state index is 8.90. The fourth-order valence-corrected chi connectivity index (χ4v) is 2.53. The summed E-state index contributed by atoms with van der Waals surface area (Å²) < 4.78 is 5.38. The molecule has 0 aliphatic heterocycles. The van der Waals surface area contributed by atoms with Gasteiger partial charge in [0.1, 0.15) is 5.75 Å². The van der Waals surface area contributed by atoms with Crippen LogP contribution in [0.5, 0.6) is 5.75 Å². The number of nitrogens with zero attached hydrogens (tertiary/aromatic N) is 3. The molecule has 1 aromatic carbocycles. The third-order valence-corrected chi connectivity index (χ3v) is 3.83. The Morgan fingerprint density at radius 1 is 1.42 bits per heavy atom. The molecule has 2 aromatic rings. The van der Waals surface area contributed by atoms with Gasteiger partial charge in [0.15, 0.2) is 5.11 Å². The standard InChI is InChI=1S/C18H20N4OS/c1-14-6-7-17(23-2)16(11-14)21-18(24)22(10-4-8-19)13-15-5-3-9-20-12-15/h3,5-7,9,11-12H,4,10,13H2,1-2H3,(H,21,24). The molecule has 1 N–H and O–H groups in total. The molecule has 0 saturated heterocycles. The molecular weight excluding hydrogens is 320 g/mol. The first-order valence-electron chi connectivity index (χ1n) is 7.60. The Morgan fingerprint density at radius 2 is 2.25 bits per heavy atom. The van der Waals surface area contributed by atoms with Crippen molar-refractivity contribution in [3.8, 4) is 11.8 Å². The van der Waals surface area contributed by atoms with E-state index in [9.17, 15) is 0 Å². The second-order valence-electron chi connectivity index (χ2n) is 5.32. The molecule has 0 bridgehead atoms. The van der Waals surface area contributed by atoms with E-state index >= 15 is 0 Å². The number of nitrogens with one attached hydrogen (secondary N) is 1. The monoisotopic (exact) mass is 340 g/mol. The smallest absolute Gasteiger partial charge is 0.173 e. The second kappa shape index (κ2) is 8.85. The Balaban J connectivity index is 2.15. The maximum Gasteiger partial charge on any atom is 0.173 e. The number of hydrogen-bond donors (Lipinski definition) is 1. The van der Waals surface area contributed by atoms with Crippen LogP contribution in [0.25, 0.3) is 0 Å². The van der Waals surface area contributed by atoms with Gasteiger partial charge in [-0.2, -0.15) is 5.26 Å². The van der Waals surface area contributed by atoms with E-state index < -0.39 is 0 Å². The number of benzene rings is 1. The maximum atomic E-state index is 8.90. The Labute approximate surface area is 147 Å². The summed E-state index contributed by atoms with van der Waals surface area (Å²) in [5.41, 5.74) is 2.96. The Bertz CT molecular complexity index is 728. The van der Waals surface area contributed by atoms with Crippen molar-refractivity contribution in [2.75, 3.05) is 19.0 Å². The van der Waals surface area contributed by atoms with Gasteiger partial charge in [-0.25, -0.2) is 0 Å². The van der Waals surface area contributed by atoms with Crippen LogP contribution in [-0.4, -0.2) is 28.7 Å². The first-order chi connectivity index (χ1) is 11.6. The molecule has 0 saturated carbocycles. The van der Waals surface area contributed by atoms with Crippen LogP contribution in [0, 0.1) is 18.3 Å². The van der Waals surface area contributed by atoms with E-state index in [4.69, 9.17) is 22.2 Å². The van der Waals surface area contributed by atoms with Crippen molar-refractivity contribution in [1.82, 2.24) is 9.88 Å². The zero-order valence-corrected chi connectivity index (χ0v) is 14.6. The zero-order valence-electron chi connectivity index (χ0n) is 13.8. The van der Waals surface area contributed by atoms with Gasteiger partial charge in [-0.05, 0) is 48.5 Å². The van der Waals surface area contributed by atoms with Gasteiger partial charge in [0.25, 0.3) is 0 Å². The van der Waals surface area contributed by atoms with Crippen molar-refractivity contribution in [2.45, 2.75) is 19.9 Å². The summed E-state index contributed by atoms with van der Waals surface area (Å²) in [7, 11) is 1.63. The van der Waals surface area contributed by atoms with E-state index in [0.29, 0.717) is 24.6 Å². The molecule has 0 aliphatic rings. The molecule has 0 unspecified atom stereocenters. The minimum Gasteiger partial charge on any atom is -0.495 e. The summed E-state index contributed by atoms with van der Waals surface area (Å²) in [5, 5.41) is 12.7. The number of ether oxygens (including phenoxy) is 1. The molecule has 0 amide bonds. The predicted octanol–water partition coefficient (Wildman–Crippen LogP) is 3.51. The minimum absolute atomic E-state index is 0.396. The first kappa shape index (κ1) is 17.7. The van der Waals surface area contributed by atoms with Crippen LogP contribution >= 0.6 is 12.2 Å². The lowest BCUT2D eigenvalue weighted by molar-refractivity contribution is 0.414. The van der Waals surface area contributed by atoms with Crippen molar-refractivity contribution in [3.05, 3.63) is 53.9 Å². The fourth-order valence-electron chi connectivity index (χ4n) is 2.26. The van der Waals surface area contributed by atoms with E-state index in [0.717, 1.165) is 22.6 Å². The molecule has 124 valence electrons. The van der Waals surface area contributed by atoms with E-state index in [1.165, 1.54) is 0 Å². The number of nitriles is 1. The number of pyridine rings is 1. The molecule has 0 fully saturated rings. The number of rotatable bonds is 6. The number of aromatic nitrogens is 1. The Morgan fingerprint density at radius 3 is 2.92 bits per heavy atom. The highest BCUT2D eigenvalue weighted by Crippen LogP contribution is 2.25. The second-order valence-corrected chi connectivity index (χ2v) is 5.71. The van der Waals surface area contributed by atoms with Crippen molar-refractivity contribution >= 4 is 23.0 Å². The zero-order chi connectivity index (χ0) is 17.4. The SMILES string of the molecule is COc1ccc(C)cc1NC(=S)N(CCC#N)Cc1cccnc1. The number of thiocarbonyl (C=S) groups is 1. The van der Waals surface area contributed by atoms with Crippen LogP contribution in [0.1, 0.15) is 17.5 Å². The Hall–Kier alpha value is -2.65. The highest BCUT2D eigenvalue weighted by atomic mass is 32.1. The molecular formula is C18H20N4OS. The molecule has 0 spiro atoms. The summed E-state index contributed by atoms with van der Waals surface area (Å²) in [4.78, 5) is 6.08. The average molecular weight is 340 g/mol. The van der Waals surface area contributed by atoms with Gasteiger partial charge in [0.2, 0.25) is 0 Å². The third kappa shape index (κ3) is 4.93. The highest BCUT2D eigenvalue weighted by molar-refractivity contribution is 7.80. The summed E-state index contributed by atoms with van der Waals surface area (Å²) in [6.07, 6.45) is 3.93. The molecule has 0 radical (unpaired) electrons. The topological polar surface area (TPSA) is 61.2 Å². The van der Waals surface area contributed by atoms with E-state index in [1.807, 2.05) is 42.2 Å². The lowest BCUT2D eigenvalue weighted by Crippen LogP contribution is -2.35. The molecule has 2 rings (SSSR count). The predicted molar refractivity (Wildman–Crippen MR) is 98.8 cm³/mol. The van der Waals surface area contributed by atoms with Gasteiger partial charge in [-0.3, -0.25) is 4.98 Å². The summed E-state index contributed by atoms with van der Waals surface area (Å²) in [5.74, 6) is 0.726. The third-order valence-electron chi connectivity index (χ3n) is 3.47. The van der Waals surface area contributed by atoms with Gasteiger partial charge in [0, 0.05) is 25.5 Å². The summed E-state index contributed by atoms with van der Waals surface area (Å²) >= 11 is 5.55. The molecule has 1 heterocycles. The van der Waals surface area contributed by atoms with E-state index in [1.54, 1.807) is 19.5 Å². The summed E-state index contributed by atoms with van der Waals surface area (Å²) in [6, 6.07) is 11.9. The van der Waals surface area contributed by atoms with Crippen molar-refractivity contribution in [1.29, 1.82) is 5.26 Å². The van der Waals surface area contributed by atoms with Crippen LogP contribution in [-0.2, 0) is 6.54 Å². The first-order valence-corrected chi connectivity index (χ1v) is 8.01. The average Bonchev–Trinajstić information content (AvgIpc) is 2.59. The molecule has 5 nitrogen and oxygen atoms in total. The molecule has 0 aliphatic carbocycles. The number of hydrogen-bond acceptors (Lipinski definition) is 4. The molecule has 6 heteroatoms. The van der Waals surface area contributed by atoms with Crippen molar-refractivity contribution in [3.63, 3.8) is 0 Å². The lowest BCUT2D eigenvalue weighted by Gasteiger charge is -2.25. The quantitative estimate of drug-likeness (QED) is 0.812. The van der Waals surface area contributed by atoms with Gasteiger partial charge in [-0.1, -0.05) is 12.1 Å². The Kier molecular flexibility index (Phi) is 6.52. The fraction of sp³-hybridized carbons (Fsp3) is 0.278. The van der Waals surface area contributed by atoms with Crippen molar-refractivity contribution < 1.29 is 4.74 Å². The lowest BCUT2D eigenvalue weighted by atomic mass is 10.2. The number of methoxy groups -OCH3 is 1. The largest absolute Gasteiger partial charge is 0.495 e.